The highest BCUT2D eigenvalue weighted by Crippen LogP contribution is 2.32. The number of benzene rings is 2. The van der Waals surface area contributed by atoms with Crippen LogP contribution in [0.5, 0.6) is 0 Å². The van der Waals surface area contributed by atoms with Crippen LogP contribution in [0.3, 0.4) is 0 Å². The first-order chi connectivity index (χ1) is 10.0. The average molecular weight is 298 g/mol. The lowest BCUT2D eigenvalue weighted by Gasteiger charge is -2.31. The van der Waals surface area contributed by atoms with Gasteiger partial charge in [0.15, 0.2) is 5.17 Å². The molecule has 0 bridgehead atoms. The molecule has 0 saturated carbocycles. The predicted octanol–water partition coefficient (Wildman–Crippen LogP) is 5.16. The molecular formula is C18H22N2S. The van der Waals surface area contributed by atoms with Gasteiger partial charge in [-0.1, -0.05) is 68.9 Å². The van der Waals surface area contributed by atoms with E-state index in [1.807, 2.05) is 11.8 Å². The molecule has 0 saturated heterocycles. The standard InChI is InChI=1S/C18H22N2S/c1-18(2,3)16-11-12-21-17(20-16)19-15-10-6-8-13-7-4-5-9-14(13)15/h4-10,16H,11-12H2,1-3H3,(H,19,20). The van der Waals surface area contributed by atoms with Crippen molar-refractivity contribution < 1.29 is 0 Å². The second kappa shape index (κ2) is 5.72. The van der Waals surface area contributed by atoms with Gasteiger partial charge in [0.25, 0.3) is 0 Å². The van der Waals surface area contributed by atoms with Crippen LogP contribution in [0.2, 0.25) is 0 Å². The molecule has 0 amide bonds. The van der Waals surface area contributed by atoms with Crippen molar-refractivity contribution in [1.82, 2.24) is 0 Å². The number of hydrogen-bond donors (Lipinski definition) is 1. The number of amidine groups is 1. The Hall–Kier alpha value is -1.48. The molecule has 1 N–H and O–H groups in total. The maximum atomic E-state index is 4.92. The van der Waals surface area contributed by atoms with Crippen LogP contribution in [0.1, 0.15) is 27.2 Å². The first-order valence-corrected chi connectivity index (χ1v) is 8.48. The molecule has 0 spiro atoms. The normalized spacial score (nSPS) is 19.4. The Bertz CT molecular complexity index is 665. The van der Waals surface area contributed by atoms with Gasteiger partial charge >= 0.3 is 0 Å². The number of nitrogens with zero attached hydrogens (tertiary/aromatic N) is 1. The third kappa shape index (κ3) is 3.24. The van der Waals surface area contributed by atoms with Crippen LogP contribution in [0, 0.1) is 5.41 Å². The molecule has 0 aliphatic carbocycles. The van der Waals surface area contributed by atoms with E-state index in [0.29, 0.717) is 6.04 Å². The van der Waals surface area contributed by atoms with E-state index in [-0.39, 0.29) is 5.41 Å². The van der Waals surface area contributed by atoms with Crippen molar-refractivity contribution >= 4 is 33.4 Å². The van der Waals surface area contributed by atoms with Gasteiger partial charge in [0.05, 0.1) is 6.04 Å². The van der Waals surface area contributed by atoms with Crippen LogP contribution in [0.15, 0.2) is 47.5 Å². The first-order valence-electron chi connectivity index (χ1n) is 7.49. The smallest absolute Gasteiger partial charge is 0.161 e. The van der Waals surface area contributed by atoms with Crippen molar-refractivity contribution in [3.05, 3.63) is 42.5 Å². The van der Waals surface area contributed by atoms with Gasteiger partial charge < -0.3 is 5.32 Å². The molecule has 21 heavy (non-hydrogen) atoms. The monoisotopic (exact) mass is 298 g/mol. The second-order valence-electron chi connectivity index (χ2n) is 6.60. The summed E-state index contributed by atoms with van der Waals surface area (Å²) in [4.78, 5) is 4.92. The van der Waals surface area contributed by atoms with Crippen molar-refractivity contribution in [2.24, 2.45) is 10.4 Å². The summed E-state index contributed by atoms with van der Waals surface area (Å²) in [6, 6.07) is 15.2. The van der Waals surface area contributed by atoms with Gasteiger partial charge in [0.1, 0.15) is 0 Å². The SMILES string of the molecule is CC(C)(C)C1CCSC(Nc2cccc3ccccc23)=N1. The molecule has 1 heterocycles. The van der Waals surface area contributed by atoms with Crippen LogP contribution in [-0.4, -0.2) is 17.0 Å². The van der Waals surface area contributed by atoms with E-state index in [2.05, 4.69) is 68.6 Å². The van der Waals surface area contributed by atoms with Gasteiger partial charge in [-0.3, -0.25) is 4.99 Å². The Morgan fingerprint density at radius 2 is 1.86 bits per heavy atom. The van der Waals surface area contributed by atoms with Gasteiger partial charge in [-0.05, 0) is 23.3 Å². The van der Waals surface area contributed by atoms with E-state index in [0.717, 1.165) is 23.0 Å². The third-order valence-corrected chi connectivity index (χ3v) is 4.85. The Morgan fingerprint density at radius 1 is 1.10 bits per heavy atom. The number of hydrogen-bond acceptors (Lipinski definition) is 3. The van der Waals surface area contributed by atoms with E-state index in [9.17, 15) is 0 Å². The molecule has 3 heteroatoms. The summed E-state index contributed by atoms with van der Waals surface area (Å²) < 4.78 is 0. The van der Waals surface area contributed by atoms with E-state index in [1.54, 1.807) is 0 Å². The lowest BCUT2D eigenvalue weighted by molar-refractivity contribution is 0.316. The molecule has 0 radical (unpaired) electrons. The van der Waals surface area contributed by atoms with Crippen molar-refractivity contribution in [1.29, 1.82) is 0 Å². The first kappa shape index (κ1) is 14.5. The zero-order valence-corrected chi connectivity index (χ0v) is 13.7. The third-order valence-electron chi connectivity index (χ3n) is 3.93. The fourth-order valence-corrected chi connectivity index (χ4v) is 3.57. The number of nitrogens with one attached hydrogen (secondary N) is 1. The zero-order chi connectivity index (χ0) is 14.9. The maximum Gasteiger partial charge on any atom is 0.161 e. The number of thioether (sulfide) groups is 1. The van der Waals surface area contributed by atoms with Gasteiger partial charge in [-0.2, -0.15) is 0 Å². The maximum absolute atomic E-state index is 4.92. The number of rotatable bonds is 1. The molecule has 1 atom stereocenters. The summed E-state index contributed by atoms with van der Waals surface area (Å²) in [6.07, 6.45) is 1.16. The lowest BCUT2D eigenvalue weighted by atomic mass is 9.85. The van der Waals surface area contributed by atoms with Crippen LogP contribution >= 0.6 is 11.8 Å². The minimum atomic E-state index is 0.229. The van der Waals surface area contributed by atoms with E-state index < -0.39 is 0 Å². The molecule has 0 aromatic heterocycles. The van der Waals surface area contributed by atoms with E-state index >= 15 is 0 Å². The van der Waals surface area contributed by atoms with Crippen LogP contribution < -0.4 is 5.32 Å². The highest BCUT2D eigenvalue weighted by atomic mass is 32.2. The Morgan fingerprint density at radius 3 is 2.67 bits per heavy atom. The average Bonchev–Trinajstić information content (AvgIpc) is 2.47. The highest BCUT2D eigenvalue weighted by molar-refractivity contribution is 8.14. The Labute approximate surface area is 131 Å². The summed E-state index contributed by atoms with van der Waals surface area (Å²) in [7, 11) is 0. The van der Waals surface area contributed by atoms with Crippen molar-refractivity contribution in [2.45, 2.75) is 33.2 Å². The summed E-state index contributed by atoms with van der Waals surface area (Å²) in [6.45, 7) is 6.81. The lowest BCUT2D eigenvalue weighted by Crippen LogP contribution is -2.30. The number of aliphatic imine (C=N–C) groups is 1. The van der Waals surface area contributed by atoms with E-state index in [4.69, 9.17) is 4.99 Å². The number of anilines is 1. The summed E-state index contributed by atoms with van der Waals surface area (Å²) >= 11 is 1.83. The minimum absolute atomic E-state index is 0.229. The van der Waals surface area contributed by atoms with Gasteiger partial charge in [0, 0.05) is 16.8 Å². The van der Waals surface area contributed by atoms with Crippen molar-refractivity contribution in [2.75, 3.05) is 11.1 Å². The fourth-order valence-electron chi connectivity index (χ4n) is 2.66. The van der Waals surface area contributed by atoms with Crippen LogP contribution in [-0.2, 0) is 0 Å². The quantitative estimate of drug-likeness (QED) is 0.786. The van der Waals surface area contributed by atoms with Crippen LogP contribution in [0.4, 0.5) is 5.69 Å². The second-order valence-corrected chi connectivity index (χ2v) is 7.69. The molecular weight excluding hydrogens is 276 g/mol. The zero-order valence-electron chi connectivity index (χ0n) is 12.9. The van der Waals surface area contributed by atoms with Crippen LogP contribution in [0.25, 0.3) is 10.8 Å². The largest absolute Gasteiger partial charge is 0.334 e. The molecule has 1 aliphatic rings. The molecule has 2 aromatic carbocycles. The summed E-state index contributed by atoms with van der Waals surface area (Å²) in [5.41, 5.74) is 1.38. The van der Waals surface area contributed by atoms with Gasteiger partial charge in [0.2, 0.25) is 0 Å². The van der Waals surface area contributed by atoms with Gasteiger partial charge in [-0.15, -0.1) is 0 Å². The van der Waals surface area contributed by atoms with Gasteiger partial charge in [-0.25, -0.2) is 0 Å². The van der Waals surface area contributed by atoms with Crippen molar-refractivity contribution in [3.63, 3.8) is 0 Å². The molecule has 110 valence electrons. The molecule has 2 nitrogen and oxygen atoms in total. The molecule has 0 fully saturated rings. The highest BCUT2D eigenvalue weighted by Gasteiger charge is 2.27. The minimum Gasteiger partial charge on any atom is -0.334 e. The van der Waals surface area contributed by atoms with E-state index in [1.165, 1.54) is 10.8 Å². The molecule has 1 unspecified atom stereocenters. The topological polar surface area (TPSA) is 24.4 Å². The predicted molar refractivity (Wildman–Crippen MR) is 95.3 cm³/mol. The Balaban J connectivity index is 1.90. The Kier molecular flexibility index (Phi) is 3.94. The number of fused-ring (bicyclic) bond motifs is 1. The fraction of sp³-hybridized carbons (Fsp3) is 0.389. The molecule has 1 aliphatic heterocycles. The summed E-state index contributed by atoms with van der Waals surface area (Å²) in [5, 5.41) is 7.10. The van der Waals surface area contributed by atoms with Crippen molar-refractivity contribution in [3.8, 4) is 0 Å². The summed E-state index contributed by atoms with van der Waals surface area (Å²) in [5.74, 6) is 1.14. The molecule has 3 rings (SSSR count). The molecule has 2 aromatic rings.